The first kappa shape index (κ1) is 34.8. The summed E-state index contributed by atoms with van der Waals surface area (Å²) >= 11 is 0. The molecular formula is C33H26N6O10. The molecule has 0 bridgehead atoms. The second-order valence-corrected chi connectivity index (χ2v) is 9.97. The van der Waals surface area contributed by atoms with Crippen molar-refractivity contribution in [3.8, 4) is 11.5 Å². The van der Waals surface area contributed by atoms with Crippen LogP contribution in [0.25, 0.3) is 0 Å². The van der Waals surface area contributed by atoms with Crippen molar-refractivity contribution < 1.29 is 38.5 Å². The highest BCUT2D eigenvalue weighted by Crippen LogP contribution is 2.18. The molecule has 0 radical (unpaired) electrons. The van der Waals surface area contributed by atoms with E-state index in [9.17, 15) is 39.4 Å². The molecule has 49 heavy (non-hydrogen) atoms. The molecule has 0 saturated carbocycles. The van der Waals surface area contributed by atoms with Gasteiger partial charge in [-0.05, 0) is 66.1 Å². The van der Waals surface area contributed by atoms with Crippen LogP contribution in [0.1, 0.15) is 51.1 Å². The summed E-state index contributed by atoms with van der Waals surface area (Å²) in [5, 5.41) is 29.3. The fraction of sp³-hybridized carbons (Fsp3) is 0.0909. The number of rotatable bonds is 14. The molecule has 0 saturated heterocycles. The van der Waals surface area contributed by atoms with E-state index >= 15 is 0 Å². The number of nitro groups is 2. The number of esters is 2. The number of hydrogen-bond donors (Lipinski definition) is 2. The largest absolute Gasteiger partial charge is 0.423 e. The highest BCUT2D eigenvalue weighted by molar-refractivity contribution is 5.92. The Kier molecular flexibility index (Phi) is 12.1. The molecule has 4 rings (SSSR count). The quantitative estimate of drug-likeness (QED) is 0.0620. The number of carbonyl (C=O) groups is 4. The Labute approximate surface area is 277 Å². The Morgan fingerprint density at radius 1 is 0.612 bits per heavy atom. The molecular weight excluding hydrogens is 640 g/mol. The second-order valence-electron chi connectivity index (χ2n) is 9.97. The van der Waals surface area contributed by atoms with Gasteiger partial charge in [0.1, 0.15) is 11.5 Å². The van der Waals surface area contributed by atoms with Gasteiger partial charge in [0.15, 0.2) is 0 Å². The van der Waals surface area contributed by atoms with Crippen molar-refractivity contribution in [2.24, 2.45) is 10.2 Å². The summed E-state index contributed by atoms with van der Waals surface area (Å²) in [5.41, 5.74) is 5.68. The molecule has 0 fully saturated rings. The fourth-order valence-corrected chi connectivity index (χ4v) is 3.97. The van der Waals surface area contributed by atoms with Gasteiger partial charge >= 0.3 is 11.9 Å². The van der Waals surface area contributed by atoms with Gasteiger partial charge < -0.3 is 9.47 Å². The number of amides is 2. The molecule has 0 aliphatic heterocycles. The van der Waals surface area contributed by atoms with E-state index in [4.69, 9.17) is 9.47 Å². The van der Waals surface area contributed by atoms with E-state index in [1.807, 2.05) is 0 Å². The molecule has 0 spiro atoms. The van der Waals surface area contributed by atoms with Gasteiger partial charge in [0.25, 0.3) is 11.4 Å². The number of ether oxygens (including phenoxy) is 2. The fourth-order valence-electron chi connectivity index (χ4n) is 3.97. The van der Waals surface area contributed by atoms with Gasteiger partial charge in [0.2, 0.25) is 11.8 Å². The van der Waals surface area contributed by atoms with E-state index in [-0.39, 0.29) is 53.3 Å². The smallest absolute Gasteiger partial charge is 0.343 e. The average Bonchev–Trinajstić information content (AvgIpc) is 3.08. The SMILES string of the molecule is O=C(CCCC(=O)NN=Cc1cccc(OC(=O)c2ccc([N+](=O)[O-])cc2)c1)NN=Cc1cccc(OC(=O)c2ccc([N+](=O)[O-])cc2)c1. The number of hydrazone groups is 2. The van der Waals surface area contributed by atoms with Crippen molar-refractivity contribution in [2.75, 3.05) is 0 Å². The van der Waals surface area contributed by atoms with Crippen molar-refractivity contribution in [1.82, 2.24) is 10.9 Å². The monoisotopic (exact) mass is 666 g/mol. The lowest BCUT2D eigenvalue weighted by molar-refractivity contribution is -0.385. The van der Waals surface area contributed by atoms with Crippen LogP contribution in [0.2, 0.25) is 0 Å². The first-order chi connectivity index (χ1) is 23.6. The highest BCUT2D eigenvalue weighted by atomic mass is 16.6. The number of carbonyl (C=O) groups excluding carboxylic acids is 4. The number of nitrogens with zero attached hydrogens (tertiary/aromatic N) is 4. The van der Waals surface area contributed by atoms with Crippen molar-refractivity contribution >= 4 is 47.6 Å². The molecule has 0 heterocycles. The molecule has 0 aliphatic carbocycles. The molecule has 248 valence electrons. The van der Waals surface area contributed by atoms with Crippen LogP contribution >= 0.6 is 0 Å². The minimum atomic E-state index is -0.706. The summed E-state index contributed by atoms with van der Waals surface area (Å²) in [5.74, 6) is -1.89. The molecule has 0 aliphatic rings. The summed E-state index contributed by atoms with van der Waals surface area (Å²) in [6.07, 6.45) is 2.90. The van der Waals surface area contributed by atoms with Crippen LogP contribution in [-0.4, -0.2) is 46.0 Å². The molecule has 2 N–H and O–H groups in total. The molecule has 0 atom stereocenters. The van der Waals surface area contributed by atoms with Crippen LogP contribution in [0.4, 0.5) is 11.4 Å². The second kappa shape index (κ2) is 17.0. The maximum atomic E-state index is 12.3. The Morgan fingerprint density at radius 2 is 1.00 bits per heavy atom. The maximum absolute atomic E-state index is 12.3. The van der Waals surface area contributed by atoms with Crippen molar-refractivity contribution in [1.29, 1.82) is 0 Å². The number of benzene rings is 4. The zero-order valence-corrected chi connectivity index (χ0v) is 25.4. The molecule has 4 aromatic rings. The Hall–Kier alpha value is -7.10. The summed E-state index contributed by atoms with van der Waals surface area (Å²) in [4.78, 5) is 69.3. The lowest BCUT2D eigenvalue weighted by atomic mass is 10.2. The van der Waals surface area contributed by atoms with Gasteiger partial charge in [0, 0.05) is 37.1 Å². The normalized spacial score (nSPS) is 10.8. The summed E-state index contributed by atoms with van der Waals surface area (Å²) in [6, 6.07) is 22.6. The van der Waals surface area contributed by atoms with Gasteiger partial charge in [-0.1, -0.05) is 24.3 Å². The van der Waals surface area contributed by atoms with E-state index in [0.717, 1.165) is 0 Å². The number of nitro benzene ring substituents is 2. The standard InChI is InChI=1S/C33H26N6O10/c40-30(36-34-20-22-4-1-6-28(18-22)48-32(42)24-10-14-26(15-11-24)38(44)45)8-3-9-31(41)37-35-21-23-5-2-7-29(19-23)49-33(43)25-12-16-27(17-13-25)39(46)47/h1-2,4-7,10-21H,3,8-9H2,(H,36,40)(H,37,41). The predicted molar refractivity (Wildman–Crippen MR) is 174 cm³/mol. The van der Waals surface area contributed by atoms with Crippen molar-refractivity contribution in [3.63, 3.8) is 0 Å². The van der Waals surface area contributed by atoms with Crippen LogP contribution in [0, 0.1) is 20.2 Å². The molecule has 16 nitrogen and oxygen atoms in total. The molecule has 4 aromatic carbocycles. The lowest BCUT2D eigenvalue weighted by Crippen LogP contribution is -2.20. The molecule has 0 aromatic heterocycles. The van der Waals surface area contributed by atoms with E-state index < -0.39 is 33.6 Å². The average molecular weight is 667 g/mol. The van der Waals surface area contributed by atoms with Gasteiger partial charge in [-0.15, -0.1) is 0 Å². The van der Waals surface area contributed by atoms with Crippen LogP contribution in [0.5, 0.6) is 11.5 Å². The minimum Gasteiger partial charge on any atom is -0.423 e. The molecule has 16 heteroatoms. The van der Waals surface area contributed by atoms with Crippen LogP contribution in [0.3, 0.4) is 0 Å². The van der Waals surface area contributed by atoms with Crippen LogP contribution < -0.4 is 20.3 Å². The van der Waals surface area contributed by atoms with Gasteiger partial charge in [0.05, 0.1) is 33.4 Å². The van der Waals surface area contributed by atoms with E-state index in [1.165, 1.54) is 85.2 Å². The molecule has 0 unspecified atom stereocenters. The Bertz CT molecular complexity index is 1790. The first-order valence-corrected chi connectivity index (χ1v) is 14.3. The first-order valence-electron chi connectivity index (χ1n) is 14.3. The predicted octanol–water partition coefficient (Wildman–Crippen LogP) is 4.71. The number of hydrogen-bond acceptors (Lipinski definition) is 12. The summed E-state index contributed by atoms with van der Waals surface area (Å²) in [6.45, 7) is 0. The Balaban J connectivity index is 1.15. The third kappa shape index (κ3) is 11.0. The lowest BCUT2D eigenvalue weighted by Gasteiger charge is -2.05. The van der Waals surface area contributed by atoms with Gasteiger partial charge in [-0.25, -0.2) is 20.4 Å². The number of nitrogens with one attached hydrogen (secondary N) is 2. The van der Waals surface area contributed by atoms with E-state index in [2.05, 4.69) is 21.1 Å². The maximum Gasteiger partial charge on any atom is 0.343 e. The Morgan fingerprint density at radius 3 is 1.37 bits per heavy atom. The highest BCUT2D eigenvalue weighted by Gasteiger charge is 2.13. The van der Waals surface area contributed by atoms with Crippen LogP contribution in [-0.2, 0) is 9.59 Å². The van der Waals surface area contributed by atoms with Crippen molar-refractivity contribution in [2.45, 2.75) is 19.3 Å². The zero-order chi connectivity index (χ0) is 35.2. The van der Waals surface area contributed by atoms with Crippen molar-refractivity contribution in [3.05, 3.63) is 140 Å². The van der Waals surface area contributed by atoms with Crippen LogP contribution in [0.15, 0.2) is 107 Å². The topological polar surface area (TPSA) is 222 Å². The van der Waals surface area contributed by atoms with Gasteiger partial charge in [-0.2, -0.15) is 10.2 Å². The molecule has 2 amide bonds. The third-order valence-corrected chi connectivity index (χ3v) is 6.38. The third-order valence-electron chi connectivity index (χ3n) is 6.38. The minimum absolute atomic E-state index is 0.00351. The van der Waals surface area contributed by atoms with E-state index in [1.54, 1.807) is 24.3 Å². The number of non-ortho nitro benzene ring substituents is 2. The summed E-state index contributed by atoms with van der Waals surface area (Å²) < 4.78 is 10.6. The van der Waals surface area contributed by atoms with E-state index in [0.29, 0.717) is 11.1 Å². The summed E-state index contributed by atoms with van der Waals surface area (Å²) in [7, 11) is 0. The zero-order valence-electron chi connectivity index (χ0n) is 25.4. The van der Waals surface area contributed by atoms with Gasteiger partial charge in [-0.3, -0.25) is 29.8 Å².